The first-order chi connectivity index (χ1) is 7.88. The van der Waals surface area contributed by atoms with E-state index >= 15 is 0 Å². The number of hydrogen-bond acceptors (Lipinski definition) is 3. The van der Waals surface area contributed by atoms with Crippen molar-refractivity contribution in [2.24, 2.45) is 0 Å². The van der Waals surface area contributed by atoms with E-state index in [9.17, 15) is 8.42 Å². The summed E-state index contributed by atoms with van der Waals surface area (Å²) in [6, 6.07) is 5.53. The molecule has 1 aromatic carbocycles. The topological polar surface area (TPSA) is 58.2 Å². The van der Waals surface area contributed by atoms with Crippen LogP contribution < -0.4 is 10.0 Å². The van der Waals surface area contributed by atoms with Gasteiger partial charge in [-0.05, 0) is 51.0 Å². The van der Waals surface area contributed by atoms with Gasteiger partial charge in [0.25, 0.3) is 0 Å². The predicted octanol–water partition coefficient (Wildman–Crippen LogP) is 1.73. The molecule has 0 bridgehead atoms. The van der Waals surface area contributed by atoms with Crippen LogP contribution in [-0.4, -0.2) is 20.5 Å². The van der Waals surface area contributed by atoms with Crippen LogP contribution in [0.1, 0.15) is 26.3 Å². The third kappa shape index (κ3) is 2.61. The van der Waals surface area contributed by atoms with Gasteiger partial charge in [0, 0.05) is 17.8 Å². The molecule has 0 aliphatic carbocycles. The van der Waals surface area contributed by atoms with Crippen molar-refractivity contribution in [2.75, 3.05) is 5.32 Å². The molecule has 0 fully saturated rings. The van der Waals surface area contributed by atoms with Crippen LogP contribution in [0.5, 0.6) is 0 Å². The normalized spacial score (nSPS) is 19.2. The Bertz CT molecular complexity index is 523. The Morgan fingerprint density at radius 3 is 2.76 bits per heavy atom. The van der Waals surface area contributed by atoms with E-state index in [0.29, 0.717) is 10.9 Å². The number of anilines is 1. The lowest BCUT2D eigenvalue weighted by Gasteiger charge is -2.10. The third-order valence-electron chi connectivity index (χ3n) is 2.71. The fourth-order valence-electron chi connectivity index (χ4n) is 2.07. The summed E-state index contributed by atoms with van der Waals surface area (Å²) in [7, 11) is -3.38. The van der Waals surface area contributed by atoms with E-state index in [1.54, 1.807) is 12.1 Å². The number of sulfonamides is 1. The highest BCUT2D eigenvalue weighted by Crippen LogP contribution is 2.28. The smallest absolute Gasteiger partial charge is 0.240 e. The van der Waals surface area contributed by atoms with Crippen LogP contribution in [0.2, 0.25) is 0 Å². The summed E-state index contributed by atoms with van der Waals surface area (Å²) < 4.78 is 26.6. The largest absolute Gasteiger partial charge is 0.382 e. The molecule has 94 valence electrons. The van der Waals surface area contributed by atoms with Crippen molar-refractivity contribution in [3.8, 4) is 0 Å². The summed E-state index contributed by atoms with van der Waals surface area (Å²) in [4.78, 5) is 0.348. The Morgan fingerprint density at radius 1 is 1.41 bits per heavy atom. The van der Waals surface area contributed by atoms with E-state index in [1.165, 1.54) is 0 Å². The minimum Gasteiger partial charge on any atom is -0.382 e. The molecule has 5 heteroatoms. The molecule has 17 heavy (non-hydrogen) atoms. The van der Waals surface area contributed by atoms with E-state index in [0.717, 1.165) is 17.7 Å². The third-order valence-corrected chi connectivity index (χ3v) is 4.36. The zero-order chi connectivity index (χ0) is 12.6. The van der Waals surface area contributed by atoms with Gasteiger partial charge in [-0.1, -0.05) is 0 Å². The fourth-order valence-corrected chi connectivity index (χ4v) is 3.37. The van der Waals surface area contributed by atoms with Gasteiger partial charge in [-0.15, -0.1) is 0 Å². The van der Waals surface area contributed by atoms with Crippen LogP contribution in [0.15, 0.2) is 23.1 Å². The molecule has 1 heterocycles. The summed E-state index contributed by atoms with van der Waals surface area (Å²) in [5.74, 6) is 0. The number of hydrogen-bond donors (Lipinski definition) is 2. The molecule has 0 amide bonds. The van der Waals surface area contributed by atoms with Crippen LogP contribution in [0.3, 0.4) is 0 Å². The second-order valence-electron chi connectivity index (χ2n) is 4.84. The molecule has 0 saturated heterocycles. The predicted molar refractivity (Wildman–Crippen MR) is 68.7 cm³/mol. The zero-order valence-electron chi connectivity index (χ0n) is 10.3. The maximum absolute atomic E-state index is 12.0. The standard InChI is InChI=1S/C12H18N2O2S/c1-8(2)14-17(15,16)11-4-5-12-10(7-11)6-9(3)13-12/h4-5,7-9,13-14H,6H2,1-3H3. The van der Waals surface area contributed by atoms with Gasteiger partial charge in [-0.3, -0.25) is 0 Å². The average molecular weight is 254 g/mol. The summed E-state index contributed by atoms with van der Waals surface area (Å²) in [6.45, 7) is 5.71. The molecule has 2 rings (SSSR count). The molecule has 1 unspecified atom stereocenters. The molecule has 1 aliphatic heterocycles. The van der Waals surface area contributed by atoms with E-state index in [-0.39, 0.29) is 6.04 Å². The van der Waals surface area contributed by atoms with E-state index in [2.05, 4.69) is 17.0 Å². The quantitative estimate of drug-likeness (QED) is 0.863. The Kier molecular flexibility index (Phi) is 3.14. The van der Waals surface area contributed by atoms with E-state index in [4.69, 9.17) is 0 Å². The Balaban J connectivity index is 2.33. The summed E-state index contributed by atoms with van der Waals surface area (Å²) in [5, 5.41) is 3.30. The first-order valence-corrected chi connectivity index (χ1v) is 7.28. The molecule has 1 aromatic rings. The fraction of sp³-hybridized carbons (Fsp3) is 0.500. The Hall–Kier alpha value is -1.07. The maximum atomic E-state index is 12.0. The van der Waals surface area contributed by atoms with Crippen LogP contribution in [0.25, 0.3) is 0 Å². The molecule has 0 aromatic heterocycles. The molecule has 0 saturated carbocycles. The maximum Gasteiger partial charge on any atom is 0.240 e. The van der Waals surface area contributed by atoms with Crippen molar-refractivity contribution < 1.29 is 8.42 Å². The minimum atomic E-state index is -3.38. The first-order valence-electron chi connectivity index (χ1n) is 5.80. The number of fused-ring (bicyclic) bond motifs is 1. The number of nitrogens with one attached hydrogen (secondary N) is 2. The molecular formula is C12H18N2O2S. The highest BCUT2D eigenvalue weighted by atomic mass is 32.2. The number of rotatable bonds is 3. The summed E-state index contributed by atoms with van der Waals surface area (Å²) >= 11 is 0. The Morgan fingerprint density at radius 2 is 2.12 bits per heavy atom. The number of benzene rings is 1. The summed E-state index contributed by atoms with van der Waals surface area (Å²) in [5.41, 5.74) is 2.12. The van der Waals surface area contributed by atoms with Crippen molar-refractivity contribution in [3.05, 3.63) is 23.8 Å². The lowest BCUT2D eigenvalue weighted by Crippen LogP contribution is -2.30. The highest BCUT2D eigenvalue weighted by Gasteiger charge is 2.21. The average Bonchev–Trinajstić information content (AvgIpc) is 2.54. The van der Waals surface area contributed by atoms with Crippen LogP contribution >= 0.6 is 0 Å². The lowest BCUT2D eigenvalue weighted by molar-refractivity contribution is 0.570. The highest BCUT2D eigenvalue weighted by molar-refractivity contribution is 7.89. The lowest BCUT2D eigenvalue weighted by atomic mass is 10.1. The van der Waals surface area contributed by atoms with E-state index < -0.39 is 10.0 Å². The van der Waals surface area contributed by atoms with Crippen LogP contribution in [0.4, 0.5) is 5.69 Å². The Labute approximate surface area is 102 Å². The van der Waals surface area contributed by atoms with Gasteiger partial charge < -0.3 is 5.32 Å². The van der Waals surface area contributed by atoms with Crippen molar-refractivity contribution in [3.63, 3.8) is 0 Å². The molecule has 2 N–H and O–H groups in total. The van der Waals surface area contributed by atoms with E-state index in [1.807, 2.05) is 19.9 Å². The van der Waals surface area contributed by atoms with Gasteiger partial charge in [0.05, 0.1) is 4.90 Å². The van der Waals surface area contributed by atoms with Gasteiger partial charge in [0.15, 0.2) is 0 Å². The van der Waals surface area contributed by atoms with Crippen molar-refractivity contribution >= 4 is 15.7 Å². The summed E-state index contributed by atoms with van der Waals surface area (Å²) in [6.07, 6.45) is 0.875. The van der Waals surface area contributed by atoms with Gasteiger partial charge in [-0.25, -0.2) is 13.1 Å². The van der Waals surface area contributed by atoms with Crippen molar-refractivity contribution in [1.29, 1.82) is 0 Å². The SMILES string of the molecule is CC(C)NS(=O)(=O)c1ccc2c(c1)CC(C)N2. The van der Waals surface area contributed by atoms with Crippen LogP contribution in [-0.2, 0) is 16.4 Å². The zero-order valence-corrected chi connectivity index (χ0v) is 11.1. The molecular weight excluding hydrogens is 236 g/mol. The monoisotopic (exact) mass is 254 g/mol. The second kappa shape index (κ2) is 4.31. The molecule has 1 aliphatic rings. The molecule has 1 atom stereocenters. The van der Waals surface area contributed by atoms with Gasteiger partial charge in [0.1, 0.15) is 0 Å². The molecule has 0 radical (unpaired) electrons. The minimum absolute atomic E-state index is 0.0923. The van der Waals surface area contributed by atoms with Crippen molar-refractivity contribution in [1.82, 2.24) is 4.72 Å². The molecule has 4 nitrogen and oxygen atoms in total. The van der Waals surface area contributed by atoms with Crippen molar-refractivity contribution in [2.45, 2.75) is 44.2 Å². The van der Waals surface area contributed by atoms with Gasteiger partial charge >= 0.3 is 0 Å². The first kappa shape index (κ1) is 12.4. The van der Waals surface area contributed by atoms with Crippen LogP contribution in [0, 0.1) is 0 Å². The van der Waals surface area contributed by atoms with Gasteiger partial charge in [-0.2, -0.15) is 0 Å². The van der Waals surface area contributed by atoms with Gasteiger partial charge in [0.2, 0.25) is 10.0 Å². The second-order valence-corrected chi connectivity index (χ2v) is 6.56. The molecule has 0 spiro atoms.